The number of nitrogens with one attached hydrogen (secondary N) is 1. The quantitative estimate of drug-likeness (QED) is 0.902. The lowest BCUT2D eigenvalue weighted by atomic mass is 10.2. The normalized spacial score (nSPS) is 11.4. The van der Waals surface area contributed by atoms with Crippen LogP contribution in [0.3, 0.4) is 0 Å². The van der Waals surface area contributed by atoms with Crippen LogP contribution in [0.2, 0.25) is 0 Å². The predicted octanol–water partition coefficient (Wildman–Crippen LogP) is 3.84. The van der Waals surface area contributed by atoms with Crippen molar-refractivity contribution in [3.05, 3.63) is 58.1 Å². The third-order valence-electron chi connectivity index (χ3n) is 2.62. The summed E-state index contributed by atoms with van der Waals surface area (Å²) in [6.07, 6.45) is 0. The minimum atomic E-state index is -3.92. The number of sulfonamides is 1. The van der Waals surface area contributed by atoms with Crippen LogP contribution in [0.15, 0.2) is 45.8 Å². The van der Waals surface area contributed by atoms with E-state index in [2.05, 4.69) is 20.7 Å². The molecule has 0 saturated heterocycles. The molecule has 2 rings (SSSR count). The molecule has 1 N–H and O–H groups in total. The molecule has 0 bridgehead atoms. The standard InChI is InChI=1S/C13H10BrF2NO2S/c1-8-5-12(16)11(14)7-13(8)17-20(18,19)10-4-2-3-9(15)6-10/h2-7,17H,1H3. The molecule has 0 fully saturated rings. The first-order valence-electron chi connectivity index (χ1n) is 5.53. The van der Waals surface area contributed by atoms with E-state index < -0.39 is 21.7 Å². The second kappa shape index (κ2) is 5.49. The zero-order chi connectivity index (χ0) is 14.9. The fourth-order valence-corrected chi connectivity index (χ4v) is 3.09. The Kier molecular flexibility index (Phi) is 4.10. The Labute approximate surface area is 123 Å². The molecule has 0 radical (unpaired) electrons. The van der Waals surface area contributed by atoms with Gasteiger partial charge in [0, 0.05) is 0 Å². The summed E-state index contributed by atoms with van der Waals surface area (Å²) >= 11 is 2.99. The molecule has 7 heteroatoms. The zero-order valence-electron chi connectivity index (χ0n) is 10.3. The van der Waals surface area contributed by atoms with Crippen LogP contribution in [0.1, 0.15) is 5.56 Å². The van der Waals surface area contributed by atoms with Crippen molar-refractivity contribution >= 4 is 31.6 Å². The second-order valence-electron chi connectivity index (χ2n) is 4.14. The number of halogens is 3. The van der Waals surface area contributed by atoms with E-state index >= 15 is 0 Å². The van der Waals surface area contributed by atoms with Crippen LogP contribution in [0, 0.1) is 18.6 Å². The van der Waals surface area contributed by atoms with Crippen molar-refractivity contribution in [3.8, 4) is 0 Å². The first kappa shape index (κ1) is 14.9. The van der Waals surface area contributed by atoms with Gasteiger partial charge in [-0.2, -0.15) is 0 Å². The highest BCUT2D eigenvalue weighted by Crippen LogP contribution is 2.26. The largest absolute Gasteiger partial charge is 0.279 e. The van der Waals surface area contributed by atoms with E-state index in [9.17, 15) is 17.2 Å². The molecule has 2 aromatic rings. The number of anilines is 1. The number of hydrogen-bond donors (Lipinski definition) is 1. The van der Waals surface area contributed by atoms with Gasteiger partial charge in [-0.05, 0) is 58.7 Å². The Bertz CT molecular complexity index is 763. The summed E-state index contributed by atoms with van der Waals surface area (Å²) in [6, 6.07) is 7.17. The van der Waals surface area contributed by atoms with Crippen LogP contribution in [0.25, 0.3) is 0 Å². The molecule has 0 atom stereocenters. The summed E-state index contributed by atoms with van der Waals surface area (Å²) < 4.78 is 53.1. The van der Waals surface area contributed by atoms with Crippen molar-refractivity contribution in [3.63, 3.8) is 0 Å². The van der Waals surface area contributed by atoms with E-state index in [1.807, 2.05) is 0 Å². The first-order valence-corrected chi connectivity index (χ1v) is 7.81. The van der Waals surface area contributed by atoms with Crippen LogP contribution in [0.4, 0.5) is 14.5 Å². The number of hydrogen-bond acceptors (Lipinski definition) is 2. The smallest absolute Gasteiger partial charge is 0.262 e. The third-order valence-corrected chi connectivity index (χ3v) is 4.59. The fraction of sp³-hybridized carbons (Fsp3) is 0.0769. The summed E-state index contributed by atoms with van der Waals surface area (Å²) in [7, 11) is -3.92. The van der Waals surface area contributed by atoms with Crippen molar-refractivity contribution in [1.29, 1.82) is 0 Å². The Morgan fingerprint density at radius 2 is 1.85 bits per heavy atom. The lowest BCUT2D eigenvalue weighted by Gasteiger charge is -2.11. The maximum Gasteiger partial charge on any atom is 0.262 e. The summed E-state index contributed by atoms with van der Waals surface area (Å²) in [5.41, 5.74) is 0.646. The van der Waals surface area contributed by atoms with Crippen LogP contribution in [0.5, 0.6) is 0 Å². The van der Waals surface area contributed by atoms with Gasteiger partial charge >= 0.3 is 0 Å². The van der Waals surface area contributed by atoms with E-state index in [1.54, 1.807) is 6.92 Å². The van der Waals surface area contributed by atoms with Gasteiger partial charge in [0.05, 0.1) is 15.1 Å². The SMILES string of the molecule is Cc1cc(F)c(Br)cc1NS(=O)(=O)c1cccc(F)c1. The lowest BCUT2D eigenvalue weighted by molar-refractivity contribution is 0.595. The molecule has 0 aliphatic heterocycles. The van der Waals surface area contributed by atoms with Gasteiger partial charge in [0.15, 0.2) is 0 Å². The zero-order valence-corrected chi connectivity index (χ0v) is 12.7. The van der Waals surface area contributed by atoms with Crippen LogP contribution in [-0.4, -0.2) is 8.42 Å². The van der Waals surface area contributed by atoms with Gasteiger partial charge in [-0.25, -0.2) is 17.2 Å². The van der Waals surface area contributed by atoms with E-state index in [1.165, 1.54) is 24.3 Å². The van der Waals surface area contributed by atoms with Gasteiger partial charge in [-0.3, -0.25) is 4.72 Å². The monoisotopic (exact) mass is 361 g/mol. The van der Waals surface area contributed by atoms with Gasteiger partial charge in [-0.15, -0.1) is 0 Å². The average molecular weight is 362 g/mol. The van der Waals surface area contributed by atoms with Crippen LogP contribution >= 0.6 is 15.9 Å². The van der Waals surface area contributed by atoms with Gasteiger partial charge in [0.25, 0.3) is 10.0 Å². The molecule has 0 aliphatic carbocycles. The molecule has 106 valence electrons. The van der Waals surface area contributed by atoms with E-state index in [4.69, 9.17) is 0 Å². The Hall–Kier alpha value is -1.47. The van der Waals surface area contributed by atoms with E-state index in [0.717, 1.165) is 12.1 Å². The minimum absolute atomic E-state index is 0.139. The molecule has 2 aromatic carbocycles. The van der Waals surface area contributed by atoms with E-state index in [0.29, 0.717) is 5.56 Å². The molecule has 0 aromatic heterocycles. The second-order valence-corrected chi connectivity index (χ2v) is 6.68. The number of benzene rings is 2. The average Bonchev–Trinajstić information content (AvgIpc) is 2.36. The van der Waals surface area contributed by atoms with Gasteiger partial charge in [0.2, 0.25) is 0 Å². The summed E-state index contributed by atoms with van der Waals surface area (Å²) in [5.74, 6) is -1.14. The number of rotatable bonds is 3. The van der Waals surface area contributed by atoms with Crippen LogP contribution < -0.4 is 4.72 Å². The highest BCUT2D eigenvalue weighted by atomic mass is 79.9. The predicted molar refractivity (Wildman–Crippen MR) is 76.0 cm³/mol. The lowest BCUT2D eigenvalue weighted by Crippen LogP contribution is -2.14. The first-order chi connectivity index (χ1) is 9.29. The highest BCUT2D eigenvalue weighted by molar-refractivity contribution is 9.10. The van der Waals surface area contributed by atoms with Gasteiger partial charge in [0.1, 0.15) is 11.6 Å². The Morgan fingerprint density at radius 3 is 2.50 bits per heavy atom. The number of aryl methyl sites for hydroxylation is 1. The molecule has 20 heavy (non-hydrogen) atoms. The molecule has 0 aliphatic rings. The van der Waals surface area contributed by atoms with Crippen molar-refractivity contribution in [2.45, 2.75) is 11.8 Å². The van der Waals surface area contributed by atoms with Crippen molar-refractivity contribution in [1.82, 2.24) is 0 Å². The molecular formula is C13H10BrF2NO2S. The maximum absolute atomic E-state index is 13.3. The van der Waals surface area contributed by atoms with Crippen LogP contribution in [-0.2, 0) is 10.0 Å². The van der Waals surface area contributed by atoms with Crippen molar-refractivity contribution in [2.75, 3.05) is 4.72 Å². The van der Waals surface area contributed by atoms with Crippen molar-refractivity contribution in [2.24, 2.45) is 0 Å². The molecule has 0 amide bonds. The highest BCUT2D eigenvalue weighted by Gasteiger charge is 2.17. The molecule has 0 unspecified atom stereocenters. The molecule has 3 nitrogen and oxygen atoms in total. The molecule has 0 heterocycles. The molecular weight excluding hydrogens is 352 g/mol. The van der Waals surface area contributed by atoms with Crippen molar-refractivity contribution < 1.29 is 17.2 Å². The fourth-order valence-electron chi connectivity index (χ4n) is 1.59. The Balaban J connectivity index is 2.41. The maximum atomic E-state index is 13.3. The summed E-state index contributed by atoms with van der Waals surface area (Å²) in [4.78, 5) is -0.197. The summed E-state index contributed by atoms with van der Waals surface area (Å²) in [5, 5.41) is 0. The third kappa shape index (κ3) is 3.16. The topological polar surface area (TPSA) is 46.2 Å². The van der Waals surface area contributed by atoms with Gasteiger partial charge in [-0.1, -0.05) is 6.07 Å². The van der Waals surface area contributed by atoms with E-state index in [-0.39, 0.29) is 15.1 Å². The van der Waals surface area contributed by atoms with Gasteiger partial charge < -0.3 is 0 Å². The minimum Gasteiger partial charge on any atom is -0.279 e. The summed E-state index contributed by atoms with van der Waals surface area (Å²) in [6.45, 7) is 1.57. The molecule has 0 spiro atoms. The Morgan fingerprint density at radius 1 is 1.15 bits per heavy atom. The molecule has 0 saturated carbocycles.